The van der Waals surface area contributed by atoms with Crippen LogP contribution in [0, 0.1) is 3.57 Å². The molecule has 1 aromatic carbocycles. The lowest BCUT2D eigenvalue weighted by Gasteiger charge is -2.15. The third kappa shape index (κ3) is 5.09. The Labute approximate surface area is 159 Å². The lowest BCUT2D eigenvalue weighted by atomic mass is 10.1. The highest BCUT2D eigenvalue weighted by Crippen LogP contribution is 2.27. The minimum absolute atomic E-state index is 0.0132. The van der Waals surface area contributed by atoms with Gasteiger partial charge < -0.3 is 10.2 Å². The molecule has 7 heteroatoms. The molecule has 1 N–H and O–H groups in total. The quantitative estimate of drug-likeness (QED) is 0.410. The van der Waals surface area contributed by atoms with E-state index in [0.717, 1.165) is 15.6 Å². The number of nitrogens with zero attached hydrogens (tertiary/aromatic N) is 1. The molecule has 1 heterocycles. The van der Waals surface area contributed by atoms with Gasteiger partial charge in [0.05, 0.1) is 10.0 Å². The standard InChI is InChI=1S/C16H17Cl2IN2O2/c1-2-16(23)21-6-5-11(9-21)20-15(22)4-3-10-7-12(17)13(18)8-14(10)19/h2,7-8,11H,1,3-6,9H2,(H,20,22). The summed E-state index contributed by atoms with van der Waals surface area (Å²) in [5.74, 6) is -0.114. The number of halogens is 3. The fourth-order valence-electron chi connectivity index (χ4n) is 2.51. The number of hydrogen-bond acceptors (Lipinski definition) is 2. The molecule has 0 aliphatic carbocycles. The summed E-state index contributed by atoms with van der Waals surface area (Å²) in [6.07, 6.45) is 3.05. The fraction of sp³-hybridized carbons (Fsp3) is 0.375. The smallest absolute Gasteiger partial charge is 0.246 e. The molecular weight excluding hydrogens is 450 g/mol. The van der Waals surface area contributed by atoms with Crippen LogP contribution in [0.1, 0.15) is 18.4 Å². The van der Waals surface area contributed by atoms with Crippen LogP contribution < -0.4 is 5.32 Å². The number of benzene rings is 1. The first-order valence-corrected chi connectivity index (χ1v) is 9.08. The molecule has 1 saturated heterocycles. The van der Waals surface area contributed by atoms with Crippen molar-refractivity contribution in [1.29, 1.82) is 0 Å². The number of amides is 2. The number of carbonyl (C=O) groups excluding carboxylic acids is 2. The molecule has 0 bridgehead atoms. The largest absolute Gasteiger partial charge is 0.352 e. The van der Waals surface area contributed by atoms with Gasteiger partial charge in [-0.1, -0.05) is 29.8 Å². The van der Waals surface area contributed by atoms with Crippen molar-refractivity contribution in [2.75, 3.05) is 13.1 Å². The first-order chi connectivity index (χ1) is 10.9. The zero-order valence-corrected chi connectivity index (χ0v) is 16.1. The van der Waals surface area contributed by atoms with Gasteiger partial charge in [-0.3, -0.25) is 9.59 Å². The van der Waals surface area contributed by atoms with Gasteiger partial charge in [-0.15, -0.1) is 0 Å². The molecular formula is C16H17Cl2IN2O2. The third-order valence-electron chi connectivity index (χ3n) is 3.75. The monoisotopic (exact) mass is 466 g/mol. The summed E-state index contributed by atoms with van der Waals surface area (Å²) < 4.78 is 0.994. The van der Waals surface area contributed by atoms with Crippen LogP contribution in [0.5, 0.6) is 0 Å². The van der Waals surface area contributed by atoms with Gasteiger partial charge in [0.2, 0.25) is 11.8 Å². The first kappa shape index (κ1) is 18.5. The van der Waals surface area contributed by atoms with Gasteiger partial charge in [0.15, 0.2) is 0 Å². The molecule has 0 spiro atoms. The Morgan fingerprint density at radius 2 is 2.09 bits per heavy atom. The predicted molar refractivity (Wildman–Crippen MR) is 101 cm³/mol. The van der Waals surface area contributed by atoms with Gasteiger partial charge in [0.25, 0.3) is 0 Å². The number of aryl methyl sites for hydroxylation is 1. The van der Waals surface area contributed by atoms with Gasteiger partial charge in [-0.25, -0.2) is 0 Å². The normalized spacial score (nSPS) is 17.2. The number of rotatable bonds is 5. The molecule has 2 rings (SSSR count). The summed E-state index contributed by atoms with van der Waals surface area (Å²) in [5, 5.41) is 3.99. The van der Waals surface area contributed by atoms with Gasteiger partial charge in [-0.2, -0.15) is 0 Å². The van der Waals surface area contributed by atoms with Crippen molar-refractivity contribution in [2.24, 2.45) is 0 Å². The molecule has 0 saturated carbocycles. The maximum Gasteiger partial charge on any atom is 0.246 e. The SMILES string of the molecule is C=CC(=O)N1CCC(NC(=O)CCc2cc(Cl)c(Cl)cc2I)C1. The maximum atomic E-state index is 12.1. The third-order valence-corrected chi connectivity index (χ3v) is 5.48. The summed E-state index contributed by atoms with van der Waals surface area (Å²) in [5.41, 5.74) is 1.00. The number of carbonyl (C=O) groups is 2. The Hall–Kier alpha value is -0.790. The van der Waals surface area contributed by atoms with Crippen LogP contribution in [0.25, 0.3) is 0 Å². The number of likely N-dealkylation sites (tertiary alicyclic amines) is 1. The fourth-order valence-corrected chi connectivity index (χ4v) is 3.78. The molecule has 0 radical (unpaired) electrons. The summed E-state index contributed by atoms with van der Waals surface area (Å²) in [6, 6.07) is 3.62. The van der Waals surface area contributed by atoms with E-state index in [9.17, 15) is 9.59 Å². The van der Waals surface area contributed by atoms with Crippen LogP contribution in [-0.4, -0.2) is 35.8 Å². The Morgan fingerprint density at radius 1 is 1.39 bits per heavy atom. The van der Waals surface area contributed by atoms with Crippen molar-refractivity contribution in [3.8, 4) is 0 Å². The summed E-state index contributed by atoms with van der Waals surface area (Å²) >= 11 is 14.2. The second kappa shape index (κ2) is 8.35. The average Bonchev–Trinajstić information content (AvgIpc) is 2.97. The molecule has 1 fully saturated rings. The van der Waals surface area contributed by atoms with E-state index >= 15 is 0 Å². The molecule has 1 unspecified atom stereocenters. The van der Waals surface area contributed by atoms with Gasteiger partial charge >= 0.3 is 0 Å². The van der Waals surface area contributed by atoms with Crippen LogP contribution in [0.4, 0.5) is 0 Å². The van der Waals surface area contributed by atoms with Crippen molar-refractivity contribution in [1.82, 2.24) is 10.2 Å². The summed E-state index contributed by atoms with van der Waals surface area (Å²) in [4.78, 5) is 25.3. The van der Waals surface area contributed by atoms with Crippen molar-refractivity contribution in [3.63, 3.8) is 0 Å². The molecule has 1 aliphatic rings. The van der Waals surface area contributed by atoms with E-state index < -0.39 is 0 Å². The van der Waals surface area contributed by atoms with E-state index in [1.54, 1.807) is 17.0 Å². The Morgan fingerprint density at radius 3 is 2.78 bits per heavy atom. The van der Waals surface area contributed by atoms with E-state index in [1.165, 1.54) is 6.08 Å². The average molecular weight is 467 g/mol. The van der Waals surface area contributed by atoms with Crippen molar-refractivity contribution >= 4 is 57.6 Å². The second-order valence-corrected chi connectivity index (χ2v) is 7.38. The lowest BCUT2D eigenvalue weighted by molar-refractivity contribution is -0.126. The first-order valence-electron chi connectivity index (χ1n) is 7.25. The van der Waals surface area contributed by atoms with E-state index in [1.807, 2.05) is 0 Å². The minimum Gasteiger partial charge on any atom is -0.352 e. The number of nitrogens with one attached hydrogen (secondary N) is 1. The molecule has 2 amide bonds. The van der Waals surface area contributed by atoms with Crippen LogP contribution in [0.15, 0.2) is 24.8 Å². The molecule has 4 nitrogen and oxygen atoms in total. The van der Waals surface area contributed by atoms with Crippen LogP contribution in [0.3, 0.4) is 0 Å². The summed E-state index contributed by atoms with van der Waals surface area (Å²) in [7, 11) is 0. The van der Waals surface area contributed by atoms with E-state index in [2.05, 4.69) is 34.5 Å². The number of hydrogen-bond donors (Lipinski definition) is 1. The summed E-state index contributed by atoms with van der Waals surface area (Å²) in [6.45, 7) is 4.67. The van der Waals surface area contributed by atoms with E-state index in [4.69, 9.17) is 23.2 Å². The van der Waals surface area contributed by atoms with Crippen LogP contribution >= 0.6 is 45.8 Å². The van der Waals surface area contributed by atoms with Gasteiger partial charge in [0.1, 0.15) is 0 Å². The molecule has 124 valence electrons. The topological polar surface area (TPSA) is 49.4 Å². The van der Waals surface area contributed by atoms with Crippen LogP contribution in [0.2, 0.25) is 10.0 Å². The highest BCUT2D eigenvalue weighted by molar-refractivity contribution is 14.1. The second-order valence-electron chi connectivity index (χ2n) is 5.40. The molecule has 0 aromatic heterocycles. The Kier molecular flexibility index (Phi) is 6.73. The molecule has 23 heavy (non-hydrogen) atoms. The van der Waals surface area contributed by atoms with Gasteiger partial charge in [0, 0.05) is 29.1 Å². The van der Waals surface area contributed by atoms with E-state index in [0.29, 0.717) is 36.0 Å². The van der Waals surface area contributed by atoms with Crippen molar-refractivity contribution in [2.45, 2.75) is 25.3 Å². The van der Waals surface area contributed by atoms with Crippen molar-refractivity contribution < 1.29 is 9.59 Å². The highest BCUT2D eigenvalue weighted by atomic mass is 127. The van der Waals surface area contributed by atoms with Crippen molar-refractivity contribution in [3.05, 3.63) is 44.0 Å². The Bertz CT molecular complexity index is 637. The maximum absolute atomic E-state index is 12.1. The lowest BCUT2D eigenvalue weighted by Crippen LogP contribution is -2.38. The van der Waals surface area contributed by atoms with Gasteiger partial charge in [-0.05, 0) is 59.2 Å². The Balaban J connectivity index is 1.83. The minimum atomic E-state index is -0.0906. The van der Waals surface area contributed by atoms with E-state index in [-0.39, 0.29) is 17.9 Å². The predicted octanol–water partition coefficient (Wildman–Crippen LogP) is 3.43. The zero-order chi connectivity index (χ0) is 17.0. The molecule has 1 aliphatic heterocycles. The van der Waals surface area contributed by atoms with Crippen LogP contribution in [-0.2, 0) is 16.0 Å². The molecule has 1 aromatic rings. The highest BCUT2D eigenvalue weighted by Gasteiger charge is 2.25. The zero-order valence-electron chi connectivity index (χ0n) is 12.4. The molecule has 1 atom stereocenters.